The lowest BCUT2D eigenvalue weighted by Crippen LogP contribution is -2.51. The SMILES string of the molecule is CC(=O)NC(C(=O)O)C(C)(C)SSC(C)=O. The van der Waals surface area contributed by atoms with Gasteiger partial charge in [0.05, 0.1) is 4.75 Å². The van der Waals surface area contributed by atoms with Crippen molar-refractivity contribution in [2.24, 2.45) is 0 Å². The normalized spacial score (nSPS) is 13.0. The van der Waals surface area contributed by atoms with Gasteiger partial charge in [-0.2, -0.15) is 0 Å². The summed E-state index contributed by atoms with van der Waals surface area (Å²) in [5.74, 6) is -1.52. The highest BCUT2D eigenvalue weighted by Crippen LogP contribution is 2.38. The quantitative estimate of drug-likeness (QED) is 0.729. The first kappa shape index (κ1) is 15.3. The summed E-state index contributed by atoms with van der Waals surface area (Å²) in [5.41, 5.74) is 0. The third kappa shape index (κ3) is 5.41. The first-order valence-electron chi connectivity index (χ1n) is 4.53. The Morgan fingerprint density at radius 3 is 2.06 bits per heavy atom. The van der Waals surface area contributed by atoms with Crippen LogP contribution in [0.4, 0.5) is 0 Å². The summed E-state index contributed by atoms with van der Waals surface area (Å²) < 4.78 is -0.770. The number of carbonyl (C=O) groups excluding carboxylic acids is 2. The van der Waals surface area contributed by atoms with E-state index in [2.05, 4.69) is 5.32 Å². The van der Waals surface area contributed by atoms with Crippen LogP contribution in [0, 0.1) is 0 Å². The van der Waals surface area contributed by atoms with Crippen molar-refractivity contribution in [3.05, 3.63) is 0 Å². The molecule has 1 unspecified atom stereocenters. The lowest BCUT2D eigenvalue weighted by Gasteiger charge is -2.29. The van der Waals surface area contributed by atoms with Crippen LogP contribution in [0.2, 0.25) is 0 Å². The minimum atomic E-state index is -1.11. The van der Waals surface area contributed by atoms with Crippen molar-refractivity contribution in [2.75, 3.05) is 0 Å². The van der Waals surface area contributed by atoms with Gasteiger partial charge in [0, 0.05) is 13.8 Å². The van der Waals surface area contributed by atoms with Crippen molar-refractivity contribution < 1.29 is 19.5 Å². The van der Waals surface area contributed by atoms with Gasteiger partial charge in [0.25, 0.3) is 0 Å². The van der Waals surface area contributed by atoms with E-state index >= 15 is 0 Å². The zero-order valence-corrected chi connectivity index (χ0v) is 11.2. The summed E-state index contributed by atoms with van der Waals surface area (Å²) in [6.07, 6.45) is 0. The molecule has 0 fully saturated rings. The molecule has 0 aromatic rings. The summed E-state index contributed by atoms with van der Waals surface area (Å²) in [6, 6.07) is -1.03. The summed E-state index contributed by atoms with van der Waals surface area (Å²) in [6.45, 7) is 6.00. The Hall–Kier alpha value is -0.690. The molecule has 0 aliphatic carbocycles. The van der Waals surface area contributed by atoms with Crippen molar-refractivity contribution >= 4 is 38.6 Å². The van der Waals surface area contributed by atoms with Crippen molar-refractivity contribution in [3.63, 3.8) is 0 Å². The average Bonchev–Trinajstić information content (AvgIpc) is 2.10. The minimum absolute atomic E-state index is 0.106. The van der Waals surface area contributed by atoms with E-state index < -0.39 is 22.7 Å². The molecule has 0 rings (SSSR count). The number of carbonyl (C=O) groups is 3. The molecular weight excluding hydrogens is 250 g/mol. The van der Waals surface area contributed by atoms with Crippen LogP contribution in [0.1, 0.15) is 27.7 Å². The fraction of sp³-hybridized carbons (Fsp3) is 0.667. The van der Waals surface area contributed by atoms with Gasteiger partial charge < -0.3 is 10.4 Å². The lowest BCUT2D eigenvalue weighted by atomic mass is 10.0. The Morgan fingerprint density at radius 2 is 1.75 bits per heavy atom. The molecule has 2 N–H and O–H groups in total. The van der Waals surface area contributed by atoms with Crippen LogP contribution in [0.3, 0.4) is 0 Å². The molecule has 5 nitrogen and oxygen atoms in total. The van der Waals surface area contributed by atoms with Gasteiger partial charge in [0.1, 0.15) is 6.04 Å². The third-order valence-electron chi connectivity index (χ3n) is 1.66. The second kappa shape index (κ2) is 6.15. The fourth-order valence-electron chi connectivity index (χ4n) is 0.950. The van der Waals surface area contributed by atoms with Crippen molar-refractivity contribution in [3.8, 4) is 0 Å². The molecule has 92 valence electrons. The van der Waals surface area contributed by atoms with Crippen LogP contribution in [0.15, 0.2) is 0 Å². The molecule has 0 heterocycles. The number of hydrogen-bond donors (Lipinski definition) is 2. The minimum Gasteiger partial charge on any atom is -0.480 e. The number of amides is 1. The van der Waals surface area contributed by atoms with E-state index in [0.29, 0.717) is 0 Å². The largest absolute Gasteiger partial charge is 0.480 e. The molecule has 0 radical (unpaired) electrons. The topological polar surface area (TPSA) is 83.5 Å². The molecular formula is C9H15NO4S2. The highest BCUT2D eigenvalue weighted by atomic mass is 33.1. The van der Waals surface area contributed by atoms with Gasteiger partial charge in [-0.1, -0.05) is 10.8 Å². The summed E-state index contributed by atoms with van der Waals surface area (Å²) in [4.78, 5) is 32.7. The molecule has 7 heteroatoms. The van der Waals surface area contributed by atoms with Crippen molar-refractivity contribution in [2.45, 2.75) is 38.5 Å². The maximum atomic E-state index is 11.0. The summed E-state index contributed by atoms with van der Waals surface area (Å²) >= 11 is 0. The second-order valence-corrected chi connectivity index (χ2v) is 6.69. The van der Waals surface area contributed by atoms with E-state index in [9.17, 15) is 14.4 Å². The Labute approximate surface area is 102 Å². The van der Waals surface area contributed by atoms with Crippen LogP contribution in [-0.2, 0) is 14.4 Å². The summed E-state index contributed by atoms with van der Waals surface area (Å²) in [5, 5.41) is 11.3. The lowest BCUT2D eigenvalue weighted by molar-refractivity contribution is -0.142. The van der Waals surface area contributed by atoms with Crippen molar-refractivity contribution in [1.82, 2.24) is 5.32 Å². The van der Waals surface area contributed by atoms with E-state index in [1.54, 1.807) is 13.8 Å². The Bertz CT molecular complexity index is 304. The van der Waals surface area contributed by atoms with Gasteiger partial charge in [0.15, 0.2) is 5.12 Å². The van der Waals surface area contributed by atoms with Gasteiger partial charge in [-0.15, -0.1) is 0 Å². The monoisotopic (exact) mass is 265 g/mol. The second-order valence-electron chi connectivity index (χ2n) is 3.73. The average molecular weight is 265 g/mol. The van der Waals surface area contributed by atoms with E-state index in [1.807, 2.05) is 0 Å². The van der Waals surface area contributed by atoms with Gasteiger partial charge in [-0.25, -0.2) is 4.79 Å². The number of hydrogen-bond acceptors (Lipinski definition) is 5. The van der Waals surface area contributed by atoms with Gasteiger partial charge in [0.2, 0.25) is 5.91 Å². The molecule has 0 aromatic heterocycles. The van der Waals surface area contributed by atoms with Gasteiger partial charge in [-0.3, -0.25) is 9.59 Å². The molecule has 1 amide bonds. The van der Waals surface area contributed by atoms with E-state index in [1.165, 1.54) is 13.8 Å². The number of aliphatic carboxylic acids is 1. The number of rotatable bonds is 5. The Balaban J connectivity index is 4.67. The Morgan fingerprint density at radius 1 is 1.25 bits per heavy atom. The highest BCUT2D eigenvalue weighted by molar-refractivity contribution is 8.82. The fourth-order valence-corrected chi connectivity index (χ4v) is 2.82. The first-order chi connectivity index (χ1) is 7.16. The zero-order valence-electron chi connectivity index (χ0n) is 9.57. The molecule has 0 saturated carbocycles. The maximum Gasteiger partial charge on any atom is 0.327 e. The molecule has 0 aliphatic heterocycles. The van der Waals surface area contributed by atoms with Crippen LogP contribution in [0.5, 0.6) is 0 Å². The maximum absolute atomic E-state index is 11.0. The molecule has 0 spiro atoms. The van der Waals surface area contributed by atoms with Gasteiger partial charge >= 0.3 is 5.97 Å². The molecule has 0 aliphatic rings. The molecule has 0 bridgehead atoms. The predicted octanol–water partition coefficient (Wildman–Crippen LogP) is 1.28. The van der Waals surface area contributed by atoms with E-state index in [-0.39, 0.29) is 5.12 Å². The zero-order chi connectivity index (χ0) is 12.9. The number of carboxylic acid groups (broad SMARTS) is 1. The summed E-state index contributed by atoms with van der Waals surface area (Å²) in [7, 11) is 2.11. The molecule has 1 atom stereocenters. The van der Waals surface area contributed by atoms with Crippen LogP contribution in [-0.4, -0.2) is 32.9 Å². The standard InChI is InChI=1S/C9H15NO4S2/c1-5(11)10-7(8(13)14)9(3,4)16-15-6(2)12/h7H,1-4H3,(H,10,11)(H,13,14). The van der Waals surface area contributed by atoms with Crippen LogP contribution >= 0.6 is 21.6 Å². The van der Waals surface area contributed by atoms with Crippen LogP contribution < -0.4 is 5.32 Å². The third-order valence-corrected chi connectivity index (χ3v) is 4.89. The molecule has 0 aromatic carbocycles. The molecule has 16 heavy (non-hydrogen) atoms. The first-order valence-corrected chi connectivity index (χ1v) is 6.68. The highest BCUT2D eigenvalue weighted by Gasteiger charge is 2.37. The van der Waals surface area contributed by atoms with Gasteiger partial charge in [-0.05, 0) is 24.6 Å². The predicted molar refractivity (Wildman–Crippen MR) is 65.2 cm³/mol. The smallest absolute Gasteiger partial charge is 0.327 e. The Kier molecular flexibility index (Phi) is 5.88. The number of carboxylic acids is 1. The van der Waals surface area contributed by atoms with E-state index in [4.69, 9.17) is 5.11 Å². The van der Waals surface area contributed by atoms with E-state index in [0.717, 1.165) is 21.6 Å². The van der Waals surface area contributed by atoms with Crippen LogP contribution in [0.25, 0.3) is 0 Å². The molecule has 0 saturated heterocycles. The van der Waals surface area contributed by atoms with Crippen molar-refractivity contribution in [1.29, 1.82) is 0 Å². The number of nitrogens with one attached hydrogen (secondary N) is 1.